The van der Waals surface area contributed by atoms with Gasteiger partial charge in [-0.15, -0.1) is 0 Å². The van der Waals surface area contributed by atoms with Gasteiger partial charge in [-0.2, -0.15) is 0 Å². The Hall–Kier alpha value is -1.63. The van der Waals surface area contributed by atoms with Crippen LogP contribution in [-0.4, -0.2) is 70.9 Å². The molecule has 0 radical (unpaired) electrons. The topological polar surface area (TPSA) is 73.2 Å². The molecule has 0 amide bonds. The highest BCUT2D eigenvalue weighted by atomic mass is 16.5. The van der Waals surface area contributed by atoms with Crippen LogP contribution in [0.25, 0.3) is 0 Å². The lowest BCUT2D eigenvalue weighted by atomic mass is 9.90. The van der Waals surface area contributed by atoms with E-state index in [-0.39, 0.29) is 6.61 Å². The minimum Gasteiger partial charge on any atom is -0.482 e. The third kappa shape index (κ3) is 5.17. The second kappa shape index (κ2) is 8.17. The predicted octanol–water partition coefficient (Wildman–Crippen LogP) is 1.57. The molecule has 0 bridgehead atoms. The van der Waals surface area contributed by atoms with Crippen molar-refractivity contribution >= 4 is 5.97 Å². The first-order valence-corrected chi connectivity index (χ1v) is 9.14. The highest BCUT2D eigenvalue weighted by molar-refractivity contribution is 5.68. The zero-order chi connectivity index (χ0) is 17.7. The van der Waals surface area contributed by atoms with Gasteiger partial charge in [0.15, 0.2) is 6.61 Å². The Bertz CT molecular complexity index is 579. The zero-order valence-electron chi connectivity index (χ0n) is 14.7. The number of nitrogens with zero attached hydrogens (tertiary/aromatic N) is 2. The van der Waals surface area contributed by atoms with E-state index in [4.69, 9.17) is 9.84 Å². The lowest BCUT2D eigenvalue weighted by Crippen LogP contribution is -2.50. The molecule has 25 heavy (non-hydrogen) atoms. The number of para-hydroxylation sites is 1. The van der Waals surface area contributed by atoms with Crippen molar-refractivity contribution in [1.82, 2.24) is 9.80 Å². The summed E-state index contributed by atoms with van der Waals surface area (Å²) in [6.07, 6.45) is 4.05. The summed E-state index contributed by atoms with van der Waals surface area (Å²) in [5.74, 6) is -0.345. The fourth-order valence-electron chi connectivity index (χ4n) is 3.80. The molecule has 0 aliphatic carbocycles. The monoisotopic (exact) mass is 348 g/mol. The summed E-state index contributed by atoms with van der Waals surface area (Å²) in [5.41, 5.74) is 0.425. The molecule has 2 fully saturated rings. The van der Waals surface area contributed by atoms with Gasteiger partial charge in [0.05, 0.1) is 5.60 Å². The number of β-amino-alcohol motifs (C(OH)–C–C–N with tert-alkyl or cyclic N) is 1. The summed E-state index contributed by atoms with van der Waals surface area (Å²) in [6.45, 7) is 5.09. The first-order valence-electron chi connectivity index (χ1n) is 9.14. The first-order chi connectivity index (χ1) is 12.0. The summed E-state index contributed by atoms with van der Waals surface area (Å²) in [7, 11) is 0. The highest BCUT2D eigenvalue weighted by Gasteiger charge is 2.34. The van der Waals surface area contributed by atoms with E-state index in [9.17, 15) is 9.90 Å². The quantitative estimate of drug-likeness (QED) is 0.779. The molecule has 1 aromatic carbocycles. The molecule has 138 valence electrons. The summed E-state index contributed by atoms with van der Waals surface area (Å²) in [4.78, 5) is 15.4. The number of aliphatic hydroxyl groups is 1. The molecular formula is C19H28N2O4. The number of carboxylic acid groups (broad SMARTS) is 1. The van der Waals surface area contributed by atoms with Gasteiger partial charge < -0.3 is 19.8 Å². The zero-order valence-corrected chi connectivity index (χ0v) is 14.7. The van der Waals surface area contributed by atoms with Crippen molar-refractivity contribution in [3.05, 3.63) is 29.8 Å². The number of piperidine rings is 1. The maximum atomic E-state index is 10.9. The predicted molar refractivity (Wildman–Crippen MR) is 94.7 cm³/mol. The number of likely N-dealkylation sites (tertiary alicyclic amines) is 2. The molecule has 0 atom stereocenters. The first kappa shape index (κ1) is 18.2. The van der Waals surface area contributed by atoms with Crippen molar-refractivity contribution in [2.75, 3.05) is 39.3 Å². The molecule has 0 saturated carbocycles. The van der Waals surface area contributed by atoms with Crippen LogP contribution in [0.3, 0.4) is 0 Å². The van der Waals surface area contributed by atoms with Crippen molar-refractivity contribution in [2.24, 2.45) is 0 Å². The average Bonchev–Trinajstić information content (AvgIpc) is 3.09. The SMILES string of the molecule is O=C(O)COc1ccccc1CN1CCC(O)(CN2CCCC2)CC1. The van der Waals surface area contributed by atoms with Crippen LogP contribution in [0.5, 0.6) is 5.75 Å². The number of carboxylic acids is 1. The average molecular weight is 348 g/mol. The fourth-order valence-corrected chi connectivity index (χ4v) is 3.80. The second-order valence-electron chi connectivity index (χ2n) is 7.27. The minimum atomic E-state index is -0.972. The Morgan fingerprint density at radius 1 is 1.08 bits per heavy atom. The molecule has 2 aliphatic rings. The smallest absolute Gasteiger partial charge is 0.341 e. The third-order valence-corrected chi connectivity index (χ3v) is 5.22. The van der Waals surface area contributed by atoms with E-state index in [1.165, 1.54) is 12.8 Å². The van der Waals surface area contributed by atoms with Crippen molar-refractivity contribution in [2.45, 2.75) is 37.8 Å². The van der Waals surface area contributed by atoms with Crippen molar-refractivity contribution in [3.8, 4) is 5.75 Å². The van der Waals surface area contributed by atoms with Crippen LogP contribution in [0.15, 0.2) is 24.3 Å². The van der Waals surface area contributed by atoms with Crippen LogP contribution in [-0.2, 0) is 11.3 Å². The highest BCUT2D eigenvalue weighted by Crippen LogP contribution is 2.27. The molecular weight excluding hydrogens is 320 g/mol. The third-order valence-electron chi connectivity index (χ3n) is 5.22. The molecule has 0 unspecified atom stereocenters. The van der Waals surface area contributed by atoms with Crippen LogP contribution < -0.4 is 4.74 Å². The summed E-state index contributed by atoms with van der Waals surface area (Å²) >= 11 is 0. The Kier molecular flexibility index (Phi) is 5.93. The Labute approximate surface area is 149 Å². The van der Waals surface area contributed by atoms with Gasteiger partial charge in [-0.05, 0) is 44.8 Å². The van der Waals surface area contributed by atoms with E-state index in [1.54, 1.807) is 0 Å². The van der Waals surface area contributed by atoms with E-state index < -0.39 is 11.6 Å². The Morgan fingerprint density at radius 2 is 1.76 bits per heavy atom. The van der Waals surface area contributed by atoms with Gasteiger partial charge in [-0.3, -0.25) is 4.90 Å². The molecule has 6 heteroatoms. The number of benzene rings is 1. The van der Waals surface area contributed by atoms with Gasteiger partial charge in [0.2, 0.25) is 0 Å². The molecule has 0 aromatic heterocycles. The lowest BCUT2D eigenvalue weighted by Gasteiger charge is -2.40. The van der Waals surface area contributed by atoms with E-state index in [2.05, 4.69) is 9.80 Å². The summed E-state index contributed by atoms with van der Waals surface area (Å²) < 4.78 is 5.39. The van der Waals surface area contributed by atoms with Crippen LogP contribution in [0.1, 0.15) is 31.2 Å². The Morgan fingerprint density at radius 3 is 2.44 bits per heavy atom. The molecule has 0 spiro atoms. The second-order valence-corrected chi connectivity index (χ2v) is 7.27. The van der Waals surface area contributed by atoms with Crippen molar-refractivity contribution in [3.63, 3.8) is 0 Å². The van der Waals surface area contributed by atoms with Gasteiger partial charge >= 0.3 is 5.97 Å². The fraction of sp³-hybridized carbons (Fsp3) is 0.632. The molecule has 2 aliphatic heterocycles. The van der Waals surface area contributed by atoms with Crippen molar-refractivity contribution < 1.29 is 19.7 Å². The van der Waals surface area contributed by atoms with E-state index in [0.29, 0.717) is 5.75 Å². The normalized spacial score (nSPS) is 21.3. The van der Waals surface area contributed by atoms with Gasteiger partial charge in [0.1, 0.15) is 5.75 Å². The van der Waals surface area contributed by atoms with E-state index in [0.717, 1.165) is 57.7 Å². The van der Waals surface area contributed by atoms with Gasteiger partial charge in [0.25, 0.3) is 0 Å². The molecule has 2 heterocycles. The number of ether oxygens (including phenoxy) is 1. The number of hydrogen-bond acceptors (Lipinski definition) is 5. The van der Waals surface area contributed by atoms with Crippen molar-refractivity contribution in [1.29, 1.82) is 0 Å². The molecule has 1 aromatic rings. The summed E-state index contributed by atoms with van der Waals surface area (Å²) in [5, 5.41) is 19.7. The van der Waals surface area contributed by atoms with Crippen LogP contribution >= 0.6 is 0 Å². The molecule has 3 rings (SSSR count). The molecule has 2 N–H and O–H groups in total. The van der Waals surface area contributed by atoms with E-state index >= 15 is 0 Å². The molecule has 2 saturated heterocycles. The van der Waals surface area contributed by atoms with Gasteiger partial charge in [-0.25, -0.2) is 4.79 Å². The van der Waals surface area contributed by atoms with Crippen LogP contribution in [0.2, 0.25) is 0 Å². The Balaban J connectivity index is 1.52. The maximum absolute atomic E-state index is 10.9. The lowest BCUT2D eigenvalue weighted by molar-refractivity contribution is -0.139. The number of aliphatic carboxylic acids is 1. The number of carbonyl (C=O) groups is 1. The largest absolute Gasteiger partial charge is 0.482 e. The minimum absolute atomic E-state index is 0.327. The van der Waals surface area contributed by atoms with E-state index in [1.807, 2.05) is 24.3 Å². The van der Waals surface area contributed by atoms with Gasteiger partial charge in [-0.1, -0.05) is 18.2 Å². The number of hydrogen-bond donors (Lipinski definition) is 2. The standard InChI is InChI=1S/C19H28N2O4/c22-18(23)14-25-17-6-2-1-5-16(17)13-20-11-7-19(24,8-12-20)15-21-9-3-4-10-21/h1-2,5-6,24H,3-4,7-15H2,(H,22,23). The maximum Gasteiger partial charge on any atom is 0.341 e. The van der Waals surface area contributed by atoms with Crippen LogP contribution in [0.4, 0.5) is 0 Å². The number of rotatable bonds is 7. The van der Waals surface area contributed by atoms with Crippen LogP contribution in [0, 0.1) is 0 Å². The summed E-state index contributed by atoms with van der Waals surface area (Å²) in [6, 6.07) is 7.58. The van der Waals surface area contributed by atoms with Gasteiger partial charge in [0, 0.05) is 31.7 Å². The molecule has 6 nitrogen and oxygen atoms in total.